The average Bonchev–Trinajstić information content (AvgIpc) is 2.42. The van der Waals surface area contributed by atoms with Crippen molar-refractivity contribution in [3.63, 3.8) is 0 Å². The van der Waals surface area contributed by atoms with Gasteiger partial charge in [-0.05, 0) is 30.3 Å². The Bertz CT molecular complexity index is 661. The fourth-order valence-corrected chi connectivity index (χ4v) is 1.98. The lowest BCUT2D eigenvalue weighted by atomic mass is 10.1. The average molecular weight is 340 g/mol. The molecule has 0 saturated heterocycles. The lowest BCUT2D eigenvalue weighted by Crippen LogP contribution is -2.13. The van der Waals surface area contributed by atoms with E-state index in [1.807, 2.05) is 0 Å². The smallest absolute Gasteiger partial charge is 0.259 e. The number of halogens is 2. The van der Waals surface area contributed by atoms with Crippen molar-refractivity contribution in [3.8, 4) is 11.5 Å². The maximum Gasteiger partial charge on any atom is 0.259 e. The number of carbonyl (C=O) groups excluding carboxylic acids is 1. The van der Waals surface area contributed by atoms with Crippen LogP contribution in [-0.4, -0.2) is 18.1 Å². The molecule has 2 aromatic carbocycles. The Morgan fingerprint density at radius 2 is 2.10 bits per heavy atom. The second-order valence-electron chi connectivity index (χ2n) is 3.93. The van der Waals surface area contributed by atoms with Crippen LogP contribution in [0.3, 0.4) is 0 Å². The second-order valence-corrected chi connectivity index (χ2v) is 4.85. The number of benzene rings is 2. The maximum absolute atomic E-state index is 13.6. The number of aromatic hydroxyl groups is 1. The third-order valence-electron chi connectivity index (χ3n) is 2.64. The van der Waals surface area contributed by atoms with Gasteiger partial charge in [0.25, 0.3) is 5.91 Å². The van der Waals surface area contributed by atoms with E-state index in [-0.39, 0.29) is 22.7 Å². The first-order valence-electron chi connectivity index (χ1n) is 5.65. The minimum Gasteiger partial charge on any atom is -0.504 e. The van der Waals surface area contributed by atoms with Crippen LogP contribution in [0.4, 0.5) is 10.1 Å². The predicted octanol–water partition coefficient (Wildman–Crippen LogP) is 3.55. The second kappa shape index (κ2) is 5.92. The largest absolute Gasteiger partial charge is 0.504 e. The van der Waals surface area contributed by atoms with Gasteiger partial charge in [0.15, 0.2) is 11.5 Å². The molecular formula is C14H11BrFNO3. The van der Waals surface area contributed by atoms with E-state index < -0.39 is 11.7 Å². The molecule has 0 radical (unpaired) electrons. The standard InChI is InChI=1S/C14H11BrFNO3/c1-20-12-4-2-3-9(13(12)18)14(19)17-11-6-5-8(15)7-10(11)16/h2-7,18H,1H3,(H,17,19). The molecule has 0 saturated carbocycles. The van der Waals surface area contributed by atoms with Crippen molar-refractivity contribution >= 4 is 27.5 Å². The topological polar surface area (TPSA) is 58.6 Å². The summed E-state index contributed by atoms with van der Waals surface area (Å²) in [5, 5.41) is 12.3. The van der Waals surface area contributed by atoms with E-state index in [0.29, 0.717) is 4.47 Å². The first-order valence-corrected chi connectivity index (χ1v) is 6.44. The molecule has 20 heavy (non-hydrogen) atoms. The third kappa shape index (κ3) is 2.91. The van der Waals surface area contributed by atoms with Crippen LogP contribution < -0.4 is 10.1 Å². The summed E-state index contributed by atoms with van der Waals surface area (Å²) in [4.78, 5) is 12.0. The predicted molar refractivity (Wildman–Crippen MR) is 76.7 cm³/mol. The molecule has 2 rings (SSSR count). The molecule has 0 fully saturated rings. The van der Waals surface area contributed by atoms with Gasteiger partial charge in [-0.2, -0.15) is 0 Å². The van der Waals surface area contributed by atoms with Crippen molar-refractivity contribution in [3.05, 3.63) is 52.3 Å². The van der Waals surface area contributed by atoms with Gasteiger partial charge in [0.2, 0.25) is 0 Å². The van der Waals surface area contributed by atoms with E-state index >= 15 is 0 Å². The zero-order chi connectivity index (χ0) is 14.7. The van der Waals surface area contributed by atoms with E-state index in [1.165, 1.54) is 31.4 Å². The molecule has 0 aliphatic carbocycles. The summed E-state index contributed by atoms with van der Waals surface area (Å²) in [5.41, 5.74) is 0.0343. The number of amides is 1. The van der Waals surface area contributed by atoms with Gasteiger partial charge in [-0.3, -0.25) is 4.79 Å². The van der Waals surface area contributed by atoms with Gasteiger partial charge in [0.05, 0.1) is 18.4 Å². The van der Waals surface area contributed by atoms with E-state index in [2.05, 4.69) is 21.2 Å². The summed E-state index contributed by atoms with van der Waals surface area (Å²) in [6.07, 6.45) is 0. The van der Waals surface area contributed by atoms with Gasteiger partial charge in [-0.25, -0.2) is 4.39 Å². The SMILES string of the molecule is COc1cccc(C(=O)Nc2ccc(Br)cc2F)c1O. The Kier molecular flexibility index (Phi) is 4.24. The van der Waals surface area contributed by atoms with E-state index in [0.717, 1.165) is 0 Å². The van der Waals surface area contributed by atoms with Gasteiger partial charge in [0.1, 0.15) is 5.82 Å². The van der Waals surface area contributed by atoms with Gasteiger partial charge >= 0.3 is 0 Å². The molecule has 0 atom stereocenters. The molecule has 104 valence electrons. The van der Waals surface area contributed by atoms with Crippen molar-refractivity contribution in [2.24, 2.45) is 0 Å². The molecule has 2 N–H and O–H groups in total. The summed E-state index contributed by atoms with van der Waals surface area (Å²) in [6, 6.07) is 8.77. The summed E-state index contributed by atoms with van der Waals surface area (Å²) >= 11 is 3.13. The number of phenols is 1. The van der Waals surface area contributed by atoms with E-state index in [9.17, 15) is 14.3 Å². The zero-order valence-corrected chi connectivity index (χ0v) is 12.1. The zero-order valence-electron chi connectivity index (χ0n) is 10.5. The van der Waals surface area contributed by atoms with Crippen LogP contribution in [0, 0.1) is 5.82 Å². The highest BCUT2D eigenvalue weighted by Gasteiger charge is 2.16. The normalized spacial score (nSPS) is 10.2. The molecule has 2 aromatic rings. The van der Waals surface area contributed by atoms with Crippen LogP contribution in [0.5, 0.6) is 11.5 Å². The summed E-state index contributed by atoms with van der Waals surface area (Å²) in [7, 11) is 1.38. The molecule has 0 unspecified atom stereocenters. The van der Waals surface area contributed by atoms with Gasteiger partial charge in [-0.1, -0.05) is 22.0 Å². The Morgan fingerprint density at radius 1 is 1.35 bits per heavy atom. The number of ether oxygens (including phenoxy) is 1. The fraction of sp³-hybridized carbons (Fsp3) is 0.0714. The van der Waals surface area contributed by atoms with Crippen molar-refractivity contribution in [1.29, 1.82) is 0 Å². The molecule has 0 bridgehead atoms. The van der Waals surface area contributed by atoms with Crippen LogP contribution in [0.2, 0.25) is 0 Å². The van der Waals surface area contributed by atoms with Gasteiger partial charge in [0, 0.05) is 4.47 Å². The van der Waals surface area contributed by atoms with Crippen LogP contribution in [0.25, 0.3) is 0 Å². The number of nitrogens with one attached hydrogen (secondary N) is 1. The molecule has 4 nitrogen and oxygen atoms in total. The highest BCUT2D eigenvalue weighted by atomic mass is 79.9. The van der Waals surface area contributed by atoms with Gasteiger partial charge in [-0.15, -0.1) is 0 Å². The number of hydrogen-bond acceptors (Lipinski definition) is 3. The summed E-state index contributed by atoms with van der Waals surface area (Å²) < 4.78 is 19.1. The lowest BCUT2D eigenvalue weighted by Gasteiger charge is -2.10. The molecule has 0 heterocycles. The van der Waals surface area contributed by atoms with Crippen molar-refractivity contribution in [2.45, 2.75) is 0 Å². The molecule has 0 aliphatic heterocycles. The first kappa shape index (κ1) is 14.3. The Labute approximate surface area is 123 Å². The Hall–Kier alpha value is -2.08. The number of carbonyl (C=O) groups is 1. The number of rotatable bonds is 3. The quantitative estimate of drug-likeness (QED) is 0.898. The number of hydrogen-bond donors (Lipinski definition) is 2. The number of para-hydroxylation sites is 1. The molecule has 6 heteroatoms. The molecule has 1 amide bonds. The van der Waals surface area contributed by atoms with Crippen LogP contribution in [-0.2, 0) is 0 Å². The van der Waals surface area contributed by atoms with Crippen molar-refractivity contribution in [2.75, 3.05) is 12.4 Å². The molecule has 0 aliphatic rings. The monoisotopic (exact) mass is 339 g/mol. The minimum absolute atomic E-state index is 0.00617. The van der Waals surface area contributed by atoms with Crippen molar-refractivity contribution in [1.82, 2.24) is 0 Å². The summed E-state index contributed by atoms with van der Waals surface area (Å²) in [6.45, 7) is 0. The van der Waals surface area contributed by atoms with E-state index in [1.54, 1.807) is 12.1 Å². The van der Waals surface area contributed by atoms with Crippen molar-refractivity contribution < 1.29 is 19.0 Å². The van der Waals surface area contributed by atoms with E-state index in [4.69, 9.17) is 4.74 Å². The molecule has 0 aromatic heterocycles. The fourth-order valence-electron chi connectivity index (χ4n) is 1.65. The highest BCUT2D eigenvalue weighted by molar-refractivity contribution is 9.10. The van der Waals surface area contributed by atoms with Gasteiger partial charge < -0.3 is 15.2 Å². The maximum atomic E-state index is 13.6. The first-order chi connectivity index (χ1) is 9.52. The number of anilines is 1. The Balaban J connectivity index is 2.28. The van der Waals surface area contributed by atoms with Crippen LogP contribution in [0.1, 0.15) is 10.4 Å². The summed E-state index contributed by atoms with van der Waals surface area (Å²) in [5.74, 6) is -1.31. The molecular weight excluding hydrogens is 329 g/mol. The number of methoxy groups -OCH3 is 1. The molecule has 0 spiro atoms. The lowest BCUT2D eigenvalue weighted by molar-refractivity contribution is 0.102. The highest BCUT2D eigenvalue weighted by Crippen LogP contribution is 2.30. The third-order valence-corrected chi connectivity index (χ3v) is 3.14. The minimum atomic E-state index is -0.623. The number of phenolic OH excluding ortho intramolecular Hbond substituents is 1. The van der Waals surface area contributed by atoms with Crippen LogP contribution in [0.15, 0.2) is 40.9 Å². The van der Waals surface area contributed by atoms with Crippen LogP contribution >= 0.6 is 15.9 Å². The Morgan fingerprint density at radius 3 is 2.75 bits per heavy atom.